The topological polar surface area (TPSA) is 61.4 Å². The summed E-state index contributed by atoms with van der Waals surface area (Å²) in [5.41, 5.74) is 4.69. The van der Waals surface area contributed by atoms with E-state index in [-0.39, 0.29) is 5.91 Å². The fraction of sp³-hybridized carbons (Fsp3) is 0.400. The summed E-state index contributed by atoms with van der Waals surface area (Å²) in [6.07, 6.45) is 0. The smallest absolute Gasteiger partial charge is 0.286 e. The summed E-state index contributed by atoms with van der Waals surface area (Å²) in [6, 6.07) is 16.7. The van der Waals surface area contributed by atoms with E-state index in [1.807, 2.05) is 31.2 Å². The molecule has 1 N–H and O–H groups in total. The van der Waals surface area contributed by atoms with Crippen LogP contribution in [0.25, 0.3) is 0 Å². The van der Waals surface area contributed by atoms with E-state index in [0.717, 1.165) is 55.5 Å². The number of aromatic nitrogens is 2. The van der Waals surface area contributed by atoms with Gasteiger partial charge in [0.2, 0.25) is 5.01 Å². The number of hydrogen-bond acceptors (Lipinski definition) is 6. The number of aryl methyl sites for hydroxylation is 1. The van der Waals surface area contributed by atoms with Gasteiger partial charge in [0.15, 0.2) is 0 Å². The quantitative estimate of drug-likeness (QED) is 0.574. The Bertz CT molecular complexity index is 1020. The summed E-state index contributed by atoms with van der Waals surface area (Å²) >= 11 is 1.37. The summed E-state index contributed by atoms with van der Waals surface area (Å²) in [7, 11) is 0. The van der Waals surface area contributed by atoms with Crippen molar-refractivity contribution in [1.82, 2.24) is 20.0 Å². The van der Waals surface area contributed by atoms with E-state index in [0.29, 0.717) is 10.9 Å². The Morgan fingerprint density at radius 2 is 1.56 bits per heavy atom. The number of benzene rings is 2. The molecule has 32 heavy (non-hydrogen) atoms. The van der Waals surface area contributed by atoms with Crippen LogP contribution in [0.2, 0.25) is 0 Å². The highest BCUT2D eigenvalue weighted by Gasteiger charge is 2.20. The number of anilines is 1. The molecule has 0 atom stereocenters. The molecule has 0 bridgehead atoms. The molecule has 6 nitrogen and oxygen atoms in total. The van der Waals surface area contributed by atoms with Gasteiger partial charge in [-0.05, 0) is 36.1 Å². The zero-order valence-electron chi connectivity index (χ0n) is 19.0. The zero-order chi connectivity index (χ0) is 22.5. The highest BCUT2D eigenvalue weighted by Crippen LogP contribution is 2.18. The minimum absolute atomic E-state index is 0.203. The van der Waals surface area contributed by atoms with Gasteiger partial charge in [-0.15, -0.1) is 10.2 Å². The molecule has 1 amide bonds. The summed E-state index contributed by atoms with van der Waals surface area (Å²) in [5, 5.41) is 12.5. The molecule has 4 rings (SSSR count). The summed E-state index contributed by atoms with van der Waals surface area (Å²) in [6.45, 7) is 12.3. The third-order valence-corrected chi connectivity index (χ3v) is 6.75. The van der Waals surface area contributed by atoms with Crippen LogP contribution in [-0.2, 0) is 13.1 Å². The van der Waals surface area contributed by atoms with Crippen molar-refractivity contribution in [2.45, 2.75) is 39.8 Å². The minimum atomic E-state index is -0.203. The van der Waals surface area contributed by atoms with Crippen LogP contribution in [-0.4, -0.2) is 52.1 Å². The second kappa shape index (κ2) is 10.3. The van der Waals surface area contributed by atoms with Crippen molar-refractivity contribution in [2.24, 2.45) is 0 Å². The van der Waals surface area contributed by atoms with Crippen LogP contribution < -0.4 is 5.32 Å². The van der Waals surface area contributed by atoms with Crippen LogP contribution in [0.1, 0.15) is 51.3 Å². The van der Waals surface area contributed by atoms with Crippen LogP contribution in [0.5, 0.6) is 0 Å². The summed E-state index contributed by atoms with van der Waals surface area (Å²) in [4.78, 5) is 17.3. The minimum Gasteiger partial charge on any atom is -0.320 e. The molecule has 1 aliphatic rings. The molecule has 1 fully saturated rings. The molecule has 0 unspecified atom stereocenters. The van der Waals surface area contributed by atoms with Gasteiger partial charge in [-0.3, -0.25) is 14.6 Å². The average Bonchev–Trinajstić information content (AvgIpc) is 3.26. The molecule has 1 aliphatic heterocycles. The van der Waals surface area contributed by atoms with Gasteiger partial charge in [-0.2, -0.15) is 0 Å². The van der Waals surface area contributed by atoms with Crippen molar-refractivity contribution in [3.63, 3.8) is 0 Å². The van der Waals surface area contributed by atoms with E-state index >= 15 is 0 Å². The maximum absolute atomic E-state index is 12.5. The Labute approximate surface area is 194 Å². The first-order chi connectivity index (χ1) is 15.5. The number of rotatable bonds is 7. The molecule has 0 aliphatic carbocycles. The molecular formula is C25H31N5OS. The molecule has 1 aromatic heterocycles. The number of carbonyl (C=O) groups excluding carboxylic acids is 1. The molecule has 7 heteroatoms. The molecule has 168 valence electrons. The van der Waals surface area contributed by atoms with Gasteiger partial charge >= 0.3 is 0 Å². The van der Waals surface area contributed by atoms with E-state index in [9.17, 15) is 4.79 Å². The molecule has 0 radical (unpaired) electrons. The molecule has 0 spiro atoms. The van der Waals surface area contributed by atoms with Crippen molar-refractivity contribution in [3.05, 3.63) is 75.2 Å². The lowest BCUT2D eigenvalue weighted by atomic mass is 10.0. The number of nitrogens with one attached hydrogen (secondary N) is 1. The second-order valence-electron chi connectivity index (χ2n) is 8.77. The van der Waals surface area contributed by atoms with E-state index < -0.39 is 0 Å². The Kier molecular flexibility index (Phi) is 7.29. The molecule has 1 saturated heterocycles. The third-order valence-electron chi connectivity index (χ3n) is 5.85. The predicted octanol–water partition coefficient (Wildman–Crippen LogP) is 4.54. The average molecular weight is 450 g/mol. The Morgan fingerprint density at radius 1 is 0.938 bits per heavy atom. The van der Waals surface area contributed by atoms with E-state index in [4.69, 9.17) is 0 Å². The fourth-order valence-corrected chi connectivity index (χ4v) is 4.57. The van der Waals surface area contributed by atoms with E-state index in [2.05, 4.69) is 63.4 Å². The number of hydrogen-bond donors (Lipinski definition) is 1. The number of piperazine rings is 1. The van der Waals surface area contributed by atoms with Crippen LogP contribution in [0.3, 0.4) is 0 Å². The van der Waals surface area contributed by atoms with Gasteiger partial charge in [-0.1, -0.05) is 67.1 Å². The predicted molar refractivity (Wildman–Crippen MR) is 130 cm³/mol. The maximum atomic E-state index is 12.5. The van der Waals surface area contributed by atoms with E-state index in [1.165, 1.54) is 22.5 Å². The van der Waals surface area contributed by atoms with Crippen molar-refractivity contribution in [3.8, 4) is 0 Å². The Balaban J connectivity index is 1.24. The standard InChI is InChI=1S/C25H31N5OS/c1-18(2)21-8-6-20(7-9-21)16-29-12-14-30(15-13-29)17-23-27-28-25(32-23)24(31)26-22-10-4-19(3)5-11-22/h4-11,18H,12-17H2,1-3H3,(H,26,31). The number of carbonyl (C=O) groups is 1. The van der Waals surface area contributed by atoms with Crippen molar-refractivity contribution >= 4 is 22.9 Å². The zero-order valence-corrected chi connectivity index (χ0v) is 19.9. The third kappa shape index (κ3) is 6.00. The van der Waals surface area contributed by atoms with Gasteiger partial charge in [0.1, 0.15) is 5.01 Å². The lowest BCUT2D eigenvalue weighted by molar-refractivity contribution is 0.102. The van der Waals surface area contributed by atoms with Gasteiger partial charge in [-0.25, -0.2) is 0 Å². The largest absolute Gasteiger partial charge is 0.320 e. The SMILES string of the molecule is Cc1ccc(NC(=O)c2nnc(CN3CCN(Cc4ccc(C(C)C)cc4)CC3)s2)cc1. The first-order valence-electron chi connectivity index (χ1n) is 11.2. The fourth-order valence-electron chi connectivity index (χ4n) is 3.79. The monoisotopic (exact) mass is 449 g/mol. The molecule has 2 heterocycles. The van der Waals surface area contributed by atoms with Crippen LogP contribution in [0.15, 0.2) is 48.5 Å². The Morgan fingerprint density at radius 3 is 2.19 bits per heavy atom. The molecule has 0 saturated carbocycles. The van der Waals surface area contributed by atoms with Crippen LogP contribution in [0, 0.1) is 6.92 Å². The second-order valence-corrected chi connectivity index (χ2v) is 9.83. The number of amides is 1. The van der Waals surface area contributed by atoms with Crippen molar-refractivity contribution in [2.75, 3.05) is 31.5 Å². The maximum Gasteiger partial charge on any atom is 0.286 e. The lowest BCUT2D eigenvalue weighted by Crippen LogP contribution is -2.45. The normalized spacial score (nSPS) is 15.2. The molecule has 2 aromatic carbocycles. The Hall–Kier alpha value is -2.61. The van der Waals surface area contributed by atoms with Gasteiger partial charge in [0.05, 0.1) is 6.54 Å². The summed E-state index contributed by atoms with van der Waals surface area (Å²) in [5.74, 6) is 0.369. The van der Waals surface area contributed by atoms with Gasteiger partial charge in [0, 0.05) is 38.4 Å². The molecule has 3 aromatic rings. The van der Waals surface area contributed by atoms with Crippen LogP contribution in [0.4, 0.5) is 5.69 Å². The van der Waals surface area contributed by atoms with Crippen molar-refractivity contribution < 1.29 is 4.79 Å². The first-order valence-corrected chi connectivity index (χ1v) is 12.0. The highest BCUT2D eigenvalue weighted by molar-refractivity contribution is 7.13. The number of nitrogens with zero attached hydrogens (tertiary/aromatic N) is 4. The van der Waals surface area contributed by atoms with E-state index in [1.54, 1.807) is 0 Å². The molecular weight excluding hydrogens is 418 g/mol. The first kappa shape index (κ1) is 22.6. The van der Waals surface area contributed by atoms with Crippen LogP contribution >= 0.6 is 11.3 Å². The van der Waals surface area contributed by atoms with Gasteiger partial charge in [0.25, 0.3) is 5.91 Å². The summed E-state index contributed by atoms with van der Waals surface area (Å²) < 4.78 is 0. The van der Waals surface area contributed by atoms with Gasteiger partial charge < -0.3 is 5.32 Å². The van der Waals surface area contributed by atoms with Crippen molar-refractivity contribution in [1.29, 1.82) is 0 Å². The lowest BCUT2D eigenvalue weighted by Gasteiger charge is -2.34. The highest BCUT2D eigenvalue weighted by atomic mass is 32.1.